The zero-order chi connectivity index (χ0) is 20.7. The van der Waals surface area contributed by atoms with E-state index in [1.54, 1.807) is 17.6 Å². The first-order valence-corrected chi connectivity index (χ1v) is 10.1. The van der Waals surface area contributed by atoms with Crippen LogP contribution in [0.3, 0.4) is 0 Å². The number of carbonyl (C=O) groups is 1. The van der Waals surface area contributed by atoms with Gasteiger partial charge < -0.3 is 15.2 Å². The Kier molecular flexibility index (Phi) is 4.46. The molecule has 8 nitrogen and oxygen atoms in total. The first-order valence-electron chi connectivity index (χ1n) is 10.1. The van der Waals surface area contributed by atoms with Crippen molar-refractivity contribution in [2.75, 3.05) is 18.8 Å². The van der Waals surface area contributed by atoms with Crippen LogP contribution in [0.2, 0.25) is 0 Å². The minimum Gasteiger partial charge on any atom is -0.399 e. The number of likely N-dealkylation sites (tertiary alicyclic amines) is 1. The first kappa shape index (κ1) is 18.4. The molecular weight excluding hydrogens is 380 g/mol. The molecule has 1 aliphatic heterocycles. The van der Waals surface area contributed by atoms with E-state index < -0.39 is 0 Å². The summed E-state index contributed by atoms with van der Waals surface area (Å²) >= 11 is 0. The number of amides is 1. The fraction of sp³-hybridized carbons (Fsp3) is 0.273. The molecule has 1 amide bonds. The number of nitrogens with zero attached hydrogens (tertiary/aromatic N) is 5. The quantitative estimate of drug-likeness (QED) is 0.526. The second-order valence-corrected chi connectivity index (χ2v) is 7.60. The van der Waals surface area contributed by atoms with Crippen LogP contribution in [-0.4, -0.2) is 43.7 Å². The van der Waals surface area contributed by atoms with E-state index in [9.17, 15) is 4.79 Å². The van der Waals surface area contributed by atoms with Gasteiger partial charge in [0, 0.05) is 36.8 Å². The van der Waals surface area contributed by atoms with E-state index in [0.29, 0.717) is 23.0 Å². The molecule has 2 N–H and O–H groups in total. The molecule has 0 bridgehead atoms. The highest BCUT2D eigenvalue weighted by molar-refractivity contribution is 6.01. The number of benzene rings is 1. The highest BCUT2D eigenvalue weighted by atomic mass is 16.5. The third-order valence-electron chi connectivity index (χ3n) is 5.45. The van der Waals surface area contributed by atoms with Gasteiger partial charge >= 0.3 is 0 Å². The van der Waals surface area contributed by atoms with E-state index >= 15 is 0 Å². The molecule has 1 saturated heterocycles. The molecule has 4 heterocycles. The Morgan fingerprint density at radius 1 is 1.10 bits per heavy atom. The third kappa shape index (κ3) is 3.20. The molecule has 30 heavy (non-hydrogen) atoms. The maximum Gasteiger partial charge on any atom is 0.257 e. The van der Waals surface area contributed by atoms with Crippen LogP contribution in [0.4, 0.5) is 5.69 Å². The highest BCUT2D eigenvalue weighted by Crippen LogP contribution is 2.29. The van der Waals surface area contributed by atoms with Crippen molar-refractivity contribution in [3.05, 3.63) is 54.0 Å². The van der Waals surface area contributed by atoms with E-state index in [-0.39, 0.29) is 5.91 Å². The molecule has 0 atom stereocenters. The van der Waals surface area contributed by atoms with Crippen molar-refractivity contribution >= 4 is 17.1 Å². The van der Waals surface area contributed by atoms with Crippen molar-refractivity contribution in [3.63, 3.8) is 0 Å². The molecule has 1 aromatic carbocycles. The van der Waals surface area contributed by atoms with E-state index in [1.807, 2.05) is 41.3 Å². The Morgan fingerprint density at radius 2 is 1.90 bits per heavy atom. The van der Waals surface area contributed by atoms with Gasteiger partial charge in [0.1, 0.15) is 0 Å². The summed E-state index contributed by atoms with van der Waals surface area (Å²) in [5, 5.41) is 8.51. The SMILES string of the molecule is Cc1nc(-c2cc(N)cc(-c3cccc4c(C(=O)N5CCCCC5)cnn34)c2)no1. The van der Waals surface area contributed by atoms with Gasteiger partial charge in [0.15, 0.2) is 0 Å². The van der Waals surface area contributed by atoms with Crippen LogP contribution >= 0.6 is 0 Å². The van der Waals surface area contributed by atoms with Gasteiger partial charge in [-0.2, -0.15) is 10.1 Å². The molecule has 1 fully saturated rings. The Bertz CT molecular complexity index is 1240. The number of fused-ring (bicyclic) bond motifs is 1. The third-order valence-corrected chi connectivity index (χ3v) is 5.45. The molecule has 4 aromatic rings. The van der Waals surface area contributed by atoms with E-state index in [0.717, 1.165) is 48.3 Å². The number of aromatic nitrogens is 4. The molecule has 152 valence electrons. The van der Waals surface area contributed by atoms with Crippen LogP contribution < -0.4 is 5.73 Å². The number of anilines is 1. The molecule has 0 saturated carbocycles. The fourth-order valence-corrected chi connectivity index (χ4v) is 4.01. The molecule has 0 spiro atoms. The largest absolute Gasteiger partial charge is 0.399 e. The van der Waals surface area contributed by atoms with Gasteiger partial charge in [0.05, 0.1) is 23.0 Å². The fourth-order valence-electron chi connectivity index (χ4n) is 4.01. The predicted octanol–water partition coefficient (Wildman–Crippen LogP) is 3.57. The summed E-state index contributed by atoms with van der Waals surface area (Å²) in [6.07, 6.45) is 4.95. The lowest BCUT2D eigenvalue weighted by atomic mass is 10.0. The predicted molar refractivity (Wildman–Crippen MR) is 113 cm³/mol. The van der Waals surface area contributed by atoms with Crippen LogP contribution in [-0.2, 0) is 0 Å². The van der Waals surface area contributed by atoms with Gasteiger partial charge in [-0.15, -0.1) is 0 Å². The van der Waals surface area contributed by atoms with Gasteiger partial charge in [0.2, 0.25) is 11.7 Å². The van der Waals surface area contributed by atoms with Gasteiger partial charge in [-0.3, -0.25) is 4.79 Å². The van der Waals surface area contributed by atoms with Crippen molar-refractivity contribution in [2.45, 2.75) is 26.2 Å². The van der Waals surface area contributed by atoms with Gasteiger partial charge in [-0.25, -0.2) is 4.52 Å². The lowest BCUT2D eigenvalue weighted by molar-refractivity contribution is 0.0726. The maximum atomic E-state index is 13.0. The molecular formula is C22H22N6O2. The molecule has 0 unspecified atom stereocenters. The van der Waals surface area contributed by atoms with Gasteiger partial charge in [-0.05, 0) is 49.6 Å². The Balaban J connectivity index is 1.58. The number of pyridine rings is 1. The summed E-state index contributed by atoms with van der Waals surface area (Å²) in [7, 11) is 0. The van der Waals surface area contributed by atoms with Crippen molar-refractivity contribution < 1.29 is 9.32 Å². The Labute approximate surface area is 173 Å². The molecule has 1 aliphatic rings. The van der Waals surface area contributed by atoms with Crippen LogP contribution in [0.15, 0.2) is 47.1 Å². The highest BCUT2D eigenvalue weighted by Gasteiger charge is 2.22. The maximum absolute atomic E-state index is 13.0. The first-order chi connectivity index (χ1) is 14.6. The minimum absolute atomic E-state index is 0.0392. The van der Waals surface area contributed by atoms with Crippen molar-refractivity contribution in [1.29, 1.82) is 0 Å². The summed E-state index contributed by atoms with van der Waals surface area (Å²) < 4.78 is 6.89. The van der Waals surface area contributed by atoms with E-state index in [2.05, 4.69) is 15.2 Å². The van der Waals surface area contributed by atoms with Crippen LogP contribution in [0, 0.1) is 6.92 Å². The van der Waals surface area contributed by atoms with Gasteiger partial charge in [0.25, 0.3) is 5.91 Å². The number of hydrogen-bond acceptors (Lipinski definition) is 6. The second kappa shape index (κ2) is 7.29. The zero-order valence-electron chi connectivity index (χ0n) is 16.7. The number of nitrogen functional groups attached to an aromatic ring is 1. The molecule has 0 aliphatic carbocycles. The monoisotopic (exact) mass is 402 g/mol. The normalized spacial score (nSPS) is 14.4. The van der Waals surface area contributed by atoms with Gasteiger partial charge in [-0.1, -0.05) is 11.2 Å². The standard InChI is InChI=1S/C22H22N6O2/c1-14-25-21(26-30-14)16-10-15(11-17(23)12-16)19-6-5-7-20-18(13-24-28(19)20)22(29)27-8-3-2-4-9-27/h5-7,10-13H,2-4,8-9,23H2,1H3. The summed E-state index contributed by atoms with van der Waals surface area (Å²) in [6.45, 7) is 3.35. The Morgan fingerprint density at radius 3 is 2.67 bits per heavy atom. The summed E-state index contributed by atoms with van der Waals surface area (Å²) in [5.74, 6) is 1.01. The van der Waals surface area contributed by atoms with E-state index in [1.165, 1.54) is 6.42 Å². The minimum atomic E-state index is 0.0392. The zero-order valence-corrected chi connectivity index (χ0v) is 16.7. The van der Waals surface area contributed by atoms with Crippen LogP contribution in [0.25, 0.3) is 28.2 Å². The Hall–Kier alpha value is -3.68. The molecule has 5 rings (SSSR count). The van der Waals surface area contributed by atoms with Crippen LogP contribution in [0.5, 0.6) is 0 Å². The molecule has 0 radical (unpaired) electrons. The van der Waals surface area contributed by atoms with Crippen molar-refractivity contribution in [3.8, 4) is 22.6 Å². The van der Waals surface area contributed by atoms with E-state index in [4.69, 9.17) is 10.3 Å². The topological polar surface area (TPSA) is 103 Å². The van der Waals surface area contributed by atoms with Crippen molar-refractivity contribution in [1.82, 2.24) is 24.7 Å². The number of rotatable bonds is 3. The number of carbonyl (C=O) groups excluding carboxylic acids is 1. The number of piperidine rings is 1. The summed E-state index contributed by atoms with van der Waals surface area (Å²) in [5.41, 5.74) is 10.6. The number of hydrogen-bond donors (Lipinski definition) is 1. The van der Waals surface area contributed by atoms with Crippen LogP contribution in [0.1, 0.15) is 35.5 Å². The lowest BCUT2D eigenvalue weighted by Crippen LogP contribution is -2.35. The molecule has 8 heteroatoms. The summed E-state index contributed by atoms with van der Waals surface area (Å²) in [6, 6.07) is 11.4. The average Bonchev–Trinajstić information content (AvgIpc) is 3.39. The summed E-state index contributed by atoms with van der Waals surface area (Å²) in [4.78, 5) is 19.3. The smallest absolute Gasteiger partial charge is 0.257 e. The van der Waals surface area contributed by atoms with Crippen molar-refractivity contribution in [2.24, 2.45) is 0 Å². The second-order valence-electron chi connectivity index (χ2n) is 7.60. The number of nitrogens with two attached hydrogens (primary N) is 1. The average molecular weight is 402 g/mol. The number of aryl methyl sites for hydroxylation is 1. The lowest BCUT2D eigenvalue weighted by Gasteiger charge is -2.26. The molecule has 3 aromatic heterocycles.